The van der Waals surface area contributed by atoms with Crippen LogP contribution >= 0.6 is 0 Å². The number of hydrogen-bond acceptors (Lipinski definition) is 3. The van der Waals surface area contributed by atoms with Gasteiger partial charge in [0.1, 0.15) is 0 Å². The molecule has 84 valence electrons. The second kappa shape index (κ2) is 5.69. The van der Waals surface area contributed by atoms with Crippen molar-refractivity contribution in [2.24, 2.45) is 0 Å². The minimum absolute atomic E-state index is 0.0340. The summed E-state index contributed by atoms with van der Waals surface area (Å²) in [5.41, 5.74) is 0.0340. The molecule has 0 N–H and O–H groups in total. The maximum Gasteiger partial charge on any atom is 0.0624 e. The van der Waals surface area contributed by atoms with Crippen LogP contribution in [0.25, 0.3) is 0 Å². The van der Waals surface area contributed by atoms with Crippen molar-refractivity contribution in [3.63, 3.8) is 0 Å². The number of rotatable bonds is 5. The van der Waals surface area contributed by atoms with Crippen molar-refractivity contribution in [1.29, 1.82) is 0 Å². The summed E-state index contributed by atoms with van der Waals surface area (Å²) in [7, 11) is 0. The largest absolute Gasteiger partial charge is 0.379 e. The molecule has 1 aliphatic heterocycles. The van der Waals surface area contributed by atoms with Crippen molar-refractivity contribution in [2.75, 3.05) is 39.5 Å². The van der Waals surface area contributed by atoms with E-state index in [-0.39, 0.29) is 5.60 Å². The Bertz CT molecular complexity index is 153. The summed E-state index contributed by atoms with van der Waals surface area (Å²) < 4.78 is 11.1. The molecule has 1 saturated heterocycles. The van der Waals surface area contributed by atoms with E-state index in [1.807, 2.05) is 0 Å². The van der Waals surface area contributed by atoms with Gasteiger partial charge in [0, 0.05) is 19.6 Å². The zero-order valence-electron chi connectivity index (χ0n) is 9.71. The quantitative estimate of drug-likeness (QED) is 0.673. The lowest BCUT2D eigenvalue weighted by Gasteiger charge is -2.29. The molecule has 0 bridgehead atoms. The molecule has 0 amide bonds. The molecule has 1 aliphatic rings. The van der Waals surface area contributed by atoms with Gasteiger partial charge in [-0.15, -0.1) is 0 Å². The highest BCUT2D eigenvalue weighted by molar-refractivity contribution is 4.67. The van der Waals surface area contributed by atoms with Crippen molar-refractivity contribution >= 4 is 0 Å². The number of morpholine rings is 1. The van der Waals surface area contributed by atoms with Crippen molar-refractivity contribution < 1.29 is 9.47 Å². The Morgan fingerprint density at radius 1 is 1.29 bits per heavy atom. The van der Waals surface area contributed by atoms with E-state index >= 15 is 0 Å². The van der Waals surface area contributed by atoms with E-state index < -0.39 is 0 Å². The topological polar surface area (TPSA) is 21.7 Å². The molecule has 0 atom stereocenters. The number of ether oxygens (including phenoxy) is 2. The third kappa shape index (κ3) is 4.40. The second-order valence-corrected chi connectivity index (χ2v) is 4.42. The maximum absolute atomic E-state index is 5.80. The van der Waals surface area contributed by atoms with Gasteiger partial charge in [0.2, 0.25) is 0 Å². The summed E-state index contributed by atoms with van der Waals surface area (Å²) in [6, 6.07) is 0. The standard InChI is InChI=1S/C11H23NO2/c1-4-11(2,3)14-10-7-12-5-8-13-9-6-12/h4-10H2,1-3H3. The van der Waals surface area contributed by atoms with E-state index in [1.54, 1.807) is 0 Å². The van der Waals surface area contributed by atoms with Crippen molar-refractivity contribution in [2.45, 2.75) is 32.8 Å². The molecule has 0 spiro atoms. The van der Waals surface area contributed by atoms with Crippen molar-refractivity contribution in [3.05, 3.63) is 0 Å². The molecule has 1 rings (SSSR count). The smallest absolute Gasteiger partial charge is 0.0624 e. The van der Waals surface area contributed by atoms with Crippen LogP contribution in [0.15, 0.2) is 0 Å². The molecule has 3 heteroatoms. The molecule has 14 heavy (non-hydrogen) atoms. The van der Waals surface area contributed by atoms with Gasteiger partial charge in [0.15, 0.2) is 0 Å². The summed E-state index contributed by atoms with van der Waals surface area (Å²) in [4.78, 5) is 2.40. The number of nitrogens with zero attached hydrogens (tertiary/aromatic N) is 1. The first kappa shape index (κ1) is 12.0. The third-order valence-electron chi connectivity index (χ3n) is 2.86. The normalized spacial score (nSPS) is 19.9. The first-order chi connectivity index (χ1) is 6.64. The van der Waals surface area contributed by atoms with E-state index in [0.29, 0.717) is 0 Å². The minimum Gasteiger partial charge on any atom is -0.379 e. The highest BCUT2D eigenvalue weighted by atomic mass is 16.5. The Labute approximate surface area is 87.4 Å². The van der Waals surface area contributed by atoms with Crippen LogP contribution in [0.2, 0.25) is 0 Å². The molecule has 0 radical (unpaired) electrons. The first-order valence-electron chi connectivity index (χ1n) is 5.58. The molecular formula is C11H23NO2. The fourth-order valence-electron chi connectivity index (χ4n) is 1.38. The Morgan fingerprint density at radius 3 is 2.50 bits per heavy atom. The Balaban J connectivity index is 2.08. The average Bonchev–Trinajstić information content (AvgIpc) is 2.19. The van der Waals surface area contributed by atoms with Gasteiger partial charge in [0.25, 0.3) is 0 Å². The predicted octanol–water partition coefficient (Wildman–Crippen LogP) is 1.52. The van der Waals surface area contributed by atoms with Crippen molar-refractivity contribution in [3.8, 4) is 0 Å². The summed E-state index contributed by atoms with van der Waals surface area (Å²) in [6.07, 6.45) is 1.07. The molecule has 0 aliphatic carbocycles. The molecule has 3 nitrogen and oxygen atoms in total. The third-order valence-corrected chi connectivity index (χ3v) is 2.86. The molecule has 0 unspecified atom stereocenters. The van der Waals surface area contributed by atoms with E-state index in [4.69, 9.17) is 9.47 Å². The number of hydrogen-bond donors (Lipinski definition) is 0. The zero-order chi connectivity index (χ0) is 10.4. The fourth-order valence-corrected chi connectivity index (χ4v) is 1.38. The second-order valence-electron chi connectivity index (χ2n) is 4.42. The monoisotopic (exact) mass is 201 g/mol. The lowest BCUT2D eigenvalue weighted by Crippen LogP contribution is -2.39. The molecule has 0 aromatic rings. The van der Waals surface area contributed by atoms with Gasteiger partial charge in [-0.2, -0.15) is 0 Å². The zero-order valence-corrected chi connectivity index (χ0v) is 9.71. The van der Waals surface area contributed by atoms with Crippen LogP contribution < -0.4 is 0 Å². The first-order valence-corrected chi connectivity index (χ1v) is 5.58. The molecule has 1 fully saturated rings. The van der Waals surface area contributed by atoms with E-state index in [9.17, 15) is 0 Å². The molecule has 0 aromatic heterocycles. The van der Waals surface area contributed by atoms with Gasteiger partial charge in [-0.3, -0.25) is 4.90 Å². The van der Waals surface area contributed by atoms with Crippen LogP contribution in [0.1, 0.15) is 27.2 Å². The molecular weight excluding hydrogens is 178 g/mol. The van der Waals surface area contributed by atoms with E-state index in [1.165, 1.54) is 0 Å². The van der Waals surface area contributed by atoms with Gasteiger partial charge in [-0.25, -0.2) is 0 Å². The molecule has 1 heterocycles. The summed E-state index contributed by atoms with van der Waals surface area (Å²) in [5, 5.41) is 0. The molecule has 0 aromatic carbocycles. The Hall–Kier alpha value is -0.120. The lowest BCUT2D eigenvalue weighted by atomic mass is 10.1. The summed E-state index contributed by atoms with van der Waals surface area (Å²) >= 11 is 0. The van der Waals surface area contributed by atoms with Gasteiger partial charge < -0.3 is 9.47 Å². The lowest BCUT2D eigenvalue weighted by molar-refractivity contribution is -0.0402. The van der Waals surface area contributed by atoms with E-state index in [0.717, 1.165) is 45.9 Å². The fraction of sp³-hybridized carbons (Fsp3) is 1.00. The Morgan fingerprint density at radius 2 is 1.93 bits per heavy atom. The minimum atomic E-state index is 0.0340. The van der Waals surface area contributed by atoms with E-state index in [2.05, 4.69) is 25.7 Å². The van der Waals surface area contributed by atoms with Crippen LogP contribution in [0.4, 0.5) is 0 Å². The van der Waals surface area contributed by atoms with Crippen LogP contribution in [-0.2, 0) is 9.47 Å². The van der Waals surface area contributed by atoms with Gasteiger partial charge in [0.05, 0.1) is 25.4 Å². The SMILES string of the molecule is CCC(C)(C)OCCN1CCOCC1. The van der Waals surface area contributed by atoms with Crippen LogP contribution in [0, 0.1) is 0 Å². The molecule has 0 saturated carbocycles. The highest BCUT2D eigenvalue weighted by Crippen LogP contribution is 2.13. The van der Waals surface area contributed by atoms with Crippen LogP contribution in [0.5, 0.6) is 0 Å². The van der Waals surface area contributed by atoms with Gasteiger partial charge >= 0.3 is 0 Å². The average molecular weight is 201 g/mol. The summed E-state index contributed by atoms with van der Waals surface area (Å²) in [5.74, 6) is 0. The van der Waals surface area contributed by atoms with Crippen molar-refractivity contribution in [1.82, 2.24) is 4.90 Å². The van der Waals surface area contributed by atoms with Gasteiger partial charge in [-0.1, -0.05) is 6.92 Å². The van der Waals surface area contributed by atoms with Crippen LogP contribution in [0.3, 0.4) is 0 Å². The Kier molecular flexibility index (Phi) is 4.85. The summed E-state index contributed by atoms with van der Waals surface area (Å²) in [6.45, 7) is 12.2. The maximum atomic E-state index is 5.80. The highest BCUT2D eigenvalue weighted by Gasteiger charge is 2.16. The predicted molar refractivity (Wildman–Crippen MR) is 57.6 cm³/mol. The van der Waals surface area contributed by atoms with Gasteiger partial charge in [-0.05, 0) is 20.3 Å². The van der Waals surface area contributed by atoms with Crippen LogP contribution in [-0.4, -0.2) is 50.0 Å².